The largest absolute Gasteiger partial charge is 0.444 e. The number of rotatable bonds is 3. The molecule has 0 saturated carbocycles. The number of piperazine rings is 2. The summed E-state index contributed by atoms with van der Waals surface area (Å²) in [5.41, 5.74) is 5.19. The van der Waals surface area contributed by atoms with Gasteiger partial charge in [-0.25, -0.2) is 9.59 Å². The smallest absolute Gasteiger partial charge is 0.410 e. The van der Waals surface area contributed by atoms with Gasteiger partial charge in [0.2, 0.25) is 0 Å². The number of aliphatic imine (C=N–C) groups is 1. The van der Waals surface area contributed by atoms with Gasteiger partial charge >= 0.3 is 12.2 Å². The Bertz CT molecular complexity index is 639. The first-order chi connectivity index (χ1) is 14.3. The van der Waals surface area contributed by atoms with E-state index in [1.54, 1.807) is 9.80 Å². The average molecular weight is 441 g/mol. The minimum atomic E-state index is -0.493. The van der Waals surface area contributed by atoms with Crippen molar-refractivity contribution < 1.29 is 19.1 Å². The van der Waals surface area contributed by atoms with Gasteiger partial charge in [-0.2, -0.15) is 0 Å². The van der Waals surface area contributed by atoms with E-state index in [0.717, 1.165) is 19.6 Å². The first kappa shape index (κ1) is 25.0. The summed E-state index contributed by atoms with van der Waals surface area (Å²) in [6, 6.07) is 0. The topological polar surface area (TPSA) is 104 Å². The van der Waals surface area contributed by atoms with Gasteiger partial charge in [0.25, 0.3) is 0 Å². The van der Waals surface area contributed by atoms with Gasteiger partial charge in [0, 0.05) is 58.9 Å². The maximum atomic E-state index is 12.2. The van der Waals surface area contributed by atoms with Crippen LogP contribution < -0.4 is 5.73 Å². The van der Waals surface area contributed by atoms with Gasteiger partial charge in [0.15, 0.2) is 5.96 Å². The summed E-state index contributed by atoms with van der Waals surface area (Å²) in [5, 5.41) is 0. The van der Waals surface area contributed by atoms with Crippen molar-refractivity contribution in [1.82, 2.24) is 19.6 Å². The third kappa shape index (κ3) is 8.80. The molecule has 2 heterocycles. The molecule has 0 atom stereocenters. The fourth-order valence-electron chi connectivity index (χ4n) is 3.33. The van der Waals surface area contributed by atoms with Crippen molar-refractivity contribution in [2.45, 2.75) is 52.7 Å². The Labute approximate surface area is 186 Å². The first-order valence-electron chi connectivity index (χ1n) is 11.1. The van der Waals surface area contributed by atoms with Crippen LogP contribution in [0.2, 0.25) is 0 Å². The third-order valence-corrected chi connectivity index (χ3v) is 4.97. The normalized spacial score (nSPS) is 19.4. The molecule has 31 heavy (non-hydrogen) atoms. The van der Waals surface area contributed by atoms with Gasteiger partial charge in [-0.3, -0.25) is 9.89 Å². The molecule has 2 aliphatic rings. The lowest BCUT2D eigenvalue weighted by Gasteiger charge is -2.36. The molecular formula is C21H40N6O4. The van der Waals surface area contributed by atoms with Crippen LogP contribution in [0.25, 0.3) is 0 Å². The van der Waals surface area contributed by atoms with Crippen LogP contribution in [0.15, 0.2) is 4.99 Å². The number of amides is 2. The Balaban J connectivity index is 1.68. The second kappa shape index (κ2) is 10.4. The predicted octanol–water partition coefficient (Wildman–Crippen LogP) is 1.41. The minimum Gasteiger partial charge on any atom is -0.444 e. The van der Waals surface area contributed by atoms with E-state index in [9.17, 15) is 9.59 Å². The molecule has 2 saturated heterocycles. The highest BCUT2D eigenvalue weighted by Crippen LogP contribution is 2.13. The average Bonchev–Trinajstić information content (AvgIpc) is 2.66. The summed E-state index contributed by atoms with van der Waals surface area (Å²) in [7, 11) is 0. The zero-order chi connectivity index (χ0) is 23.2. The van der Waals surface area contributed by atoms with Crippen LogP contribution in [0.4, 0.5) is 9.59 Å². The SMILES string of the molecule is CC(C)(C)OC(=O)N1CCN(CCN=C(N)N2CCN(C(=O)OC(C)(C)C)CC2)CC1. The molecule has 2 N–H and O–H groups in total. The van der Waals surface area contributed by atoms with Crippen molar-refractivity contribution in [3.8, 4) is 0 Å². The van der Waals surface area contributed by atoms with Crippen molar-refractivity contribution in [2.75, 3.05) is 65.4 Å². The maximum Gasteiger partial charge on any atom is 0.410 e. The zero-order valence-corrected chi connectivity index (χ0v) is 20.0. The number of carbonyl (C=O) groups is 2. The molecule has 0 unspecified atom stereocenters. The standard InChI is InChI=1S/C21H40N6O4/c1-20(2,3)30-18(28)26-11-9-24(10-12-26)8-7-23-17(22)25-13-15-27(16-14-25)19(29)31-21(4,5)6/h7-16H2,1-6H3,(H2,22,23). The molecule has 0 aromatic heterocycles. The summed E-state index contributed by atoms with van der Waals surface area (Å²) < 4.78 is 10.9. The van der Waals surface area contributed by atoms with Crippen molar-refractivity contribution in [3.05, 3.63) is 0 Å². The van der Waals surface area contributed by atoms with Gasteiger partial charge in [0.1, 0.15) is 11.2 Å². The lowest BCUT2D eigenvalue weighted by atomic mass is 10.2. The molecule has 178 valence electrons. The lowest BCUT2D eigenvalue weighted by Crippen LogP contribution is -2.53. The molecule has 0 aromatic carbocycles. The number of hydrogen-bond acceptors (Lipinski definition) is 6. The van der Waals surface area contributed by atoms with E-state index in [1.165, 1.54) is 0 Å². The van der Waals surface area contributed by atoms with Crippen LogP contribution in [0, 0.1) is 0 Å². The fraction of sp³-hybridized carbons (Fsp3) is 0.857. The van der Waals surface area contributed by atoms with E-state index in [1.807, 2.05) is 46.4 Å². The van der Waals surface area contributed by atoms with Gasteiger partial charge in [-0.15, -0.1) is 0 Å². The van der Waals surface area contributed by atoms with Gasteiger partial charge in [-0.05, 0) is 41.5 Å². The minimum absolute atomic E-state index is 0.250. The molecule has 0 spiro atoms. The van der Waals surface area contributed by atoms with Crippen LogP contribution >= 0.6 is 0 Å². The molecule has 10 nitrogen and oxygen atoms in total. The van der Waals surface area contributed by atoms with Gasteiger partial charge < -0.3 is 29.9 Å². The summed E-state index contributed by atoms with van der Waals surface area (Å²) in [5.74, 6) is 0.510. The summed E-state index contributed by atoms with van der Waals surface area (Å²) in [6.07, 6.45) is -0.534. The predicted molar refractivity (Wildman–Crippen MR) is 120 cm³/mol. The molecule has 2 amide bonds. The quantitative estimate of drug-likeness (QED) is 0.523. The van der Waals surface area contributed by atoms with Crippen molar-refractivity contribution in [1.29, 1.82) is 0 Å². The summed E-state index contributed by atoms with van der Waals surface area (Å²) in [6.45, 7) is 17.9. The maximum absolute atomic E-state index is 12.2. The van der Waals surface area contributed by atoms with E-state index in [-0.39, 0.29) is 12.2 Å². The van der Waals surface area contributed by atoms with Crippen molar-refractivity contribution in [2.24, 2.45) is 10.7 Å². The second-order valence-corrected chi connectivity index (χ2v) is 10.0. The Hall–Kier alpha value is -2.23. The molecule has 0 bridgehead atoms. The van der Waals surface area contributed by atoms with Crippen LogP contribution in [0.3, 0.4) is 0 Å². The zero-order valence-electron chi connectivity index (χ0n) is 20.0. The first-order valence-corrected chi connectivity index (χ1v) is 11.1. The van der Waals surface area contributed by atoms with Crippen LogP contribution in [0.5, 0.6) is 0 Å². The monoisotopic (exact) mass is 440 g/mol. The number of nitrogens with two attached hydrogens (primary N) is 1. The number of guanidine groups is 1. The molecular weight excluding hydrogens is 400 g/mol. The molecule has 0 radical (unpaired) electrons. The van der Waals surface area contributed by atoms with E-state index in [0.29, 0.717) is 51.8 Å². The van der Waals surface area contributed by atoms with Gasteiger partial charge in [-0.1, -0.05) is 0 Å². The second-order valence-electron chi connectivity index (χ2n) is 10.0. The highest BCUT2D eigenvalue weighted by atomic mass is 16.6. The Morgan fingerprint density at radius 2 is 1.13 bits per heavy atom. The highest BCUT2D eigenvalue weighted by molar-refractivity contribution is 5.78. The van der Waals surface area contributed by atoms with E-state index in [4.69, 9.17) is 15.2 Å². The van der Waals surface area contributed by atoms with Gasteiger partial charge in [0.05, 0.1) is 6.54 Å². The molecule has 2 aliphatic heterocycles. The third-order valence-electron chi connectivity index (χ3n) is 4.97. The van der Waals surface area contributed by atoms with Crippen LogP contribution in [-0.4, -0.2) is 114 Å². The number of nitrogens with zero attached hydrogens (tertiary/aromatic N) is 5. The molecule has 0 aliphatic carbocycles. The van der Waals surface area contributed by atoms with Crippen LogP contribution in [0.1, 0.15) is 41.5 Å². The number of carbonyl (C=O) groups excluding carboxylic acids is 2. The van der Waals surface area contributed by atoms with E-state index >= 15 is 0 Å². The summed E-state index contributed by atoms with van der Waals surface area (Å²) in [4.78, 5) is 36.5. The molecule has 0 aromatic rings. The molecule has 2 fully saturated rings. The Morgan fingerprint density at radius 3 is 1.55 bits per heavy atom. The van der Waals surface area contributed by atoms with Crippen molar-refractivity contribution in [3.63, 3.8) is 0 Å². The number of hydrogen-bond donors (Lipinski definition) is 1. The van der Waals surface area contributed by atoms with E-state index in [2.05, 4.69) is 9.89 Å². The molecule has 10 heteroatoms. The summed E-state index contributed by atoms with van der Waals surface area (Å²) >= 11 is 0. The van der Waals surface area contributed by atoms with Crippen LogP contribution in [-0.2, 0) is 9.47 Å². The fourth-order valence-corrected chi connectivity index (χ4v) is 3.33. The van der Waals surface area contributed by atoms with E-state index < -0.39 is 11.2 Å². The molecule has 2 rings (SSSR count). The Kier molecular flexibility index (Phi) is 8.39. The highest BCUT2D eigenvalue weighted by Gasteiger charge is 2.27. The lowest BCUT2D eigenvalue weighted by molar-refractivity contribution is 0.0144. The van der Waals surface area contributed by atoms with Crippen molar-refractivity contribution >= 4 is 18.1 Å². The Morgan fingerprint density at radius 1 is 0.742 bits per heavy atom. The number of ether oxygens (including phenoxy) is 2.